The molecule has 1 spiro atoms. The molecule has 2 heteroatoms. The third-order valence-electron chi connectivity index (χ3n) is 2.67. The zero-order chi connectivity index (χ0) is 6.32. The van der Waals surface area contributed by atoms with Crippen LogP contribution in [0.2, 0.25) is 0 Å². The predicted molar refractivity (Wildman–Crippen MR) is 41.5 cm³/mol. The average molecular weight is 143 g/mol. The van der Waals surface area contributed by atoms with Crippen LogP contribution in [0.4, 0.5) is 0 Å². The Labute approximate surface area is 62.0 Å². The topological polar surface area (TPSA) is 3.01 Å². The molecule has 0 radical (unpaired) electrons. The first-order valence-corrected chi connectivity index (χ1v) is 4.20. The average Bonchev–Trinajstić information content (AvgIpc) is 2.44. The molecule has 1 unspecified atom stereocenters. The Hall–Kier alpha value is 0.310. The van der Waals surface area contributed by atoms with Gasteiger partial charge in [-0.2, -0.15) is 0 Å². The van der Waals surface area contributed by atoms with Crippen molar-refractivity contribution >= 4 is 12.8 Å². The van der Waals surface area contributed by atoms with Gasteiger partial charge in [-0.3, -0.25) is 0 Å². The van der Waals surface area contributed by atoms with Crippen molar-refractivity contribution in [3.63, 3.8) is 0 Å². The largest absolute Gasteiger partial charge is 0.244 e. The first-order chi connectivity index (χ1) is 4.33. The molecule has 2 aliphatic rings. The summed E-state index contributed by atoms with van der Waals surface area (Å²) < 4.78 is 2.20. The highest BCUT2D eigenvalue weighted by molar-refractivity contribution is 7.78. The van der Waals surface area contributed by atoms with E-state index >= 15 is 0 Å². The fourth-order valence-corrected chi connectivity index (χ4v) is 2.33. The van der Waals surface area contributed by atoms with Gasteiger partial charge in [0, 0.05) is 12.1 Å². The van der Waals surface area contributed by atoms with Gasteiger partial charge in [0.05, 0.1) is 0 Å². The molecule has 0 aromatic heterocycles. The smallest absolute Gasteiger partial charge is 0.0448 e. The Morgan fingerprint density at radius 3 is 2.00 bits per heavy atom. The summed E-state index contributed by atoms with van der Waals surface area (Å²) >= 11 is 4.34. The van der Waals surface area contributed by atoms with Gasteiger partial charge in [-0.1, -0.05) is 32.1 Å². The highest BCUT2D eigenvalue weighted by Gasteiger charge is 2.50. The summed E-state index contributed by atoms with van der Waals surface area (Å²) in [5.74, 6) is 0. The molecule has 1 saturated heterocycles. The normalized spacial score (nSPS) is 39.0. The molecule has 0 aromatic rings. The van der Waals surface area contributed by atoms with Gasteiger partial charge in [0.15, 0.2) is 0 Å². The Kier molecular flexibility index (Phi) is 1.27. The van der Waals surface area contributed by atoms with E-state index in [1.165, 1.54) is 38.6 Å². The molecule has 1 aliphatic heterocycles. The monoisotopic (exact) mass is 143 g/mol. The fourth-order valence-electron chi connectivity index (χ4n) is 1.87. The second-order valence-electron chi connectivity index (χ2n) is 3.34. The molecular formula is C7H13NS. The van der Waals surface area contributed by atoms with Gasteiger partial charge in [-0.15, -0.1) is 0 Å². The van der Waals surface area contributed by atoms with E-state index in [4.69, 9.17) is 0 Å². The van der Waals surface area contributed by atoms with Crippen LogP contribution >= 0.6 is 12.8 Å². The van der Waals surface area contributed by atoms with Gasteiger partial charge in [-0.25, -0.2) is 4.31 Å². The summed E-state index contributed by atoms with van der Waals surface area (Å²) in [5.41, 5.74) is 0.585. The summed E-state index contributed by atoms with van der Waals surface area (Å²) in [4.78, 5) is 0. The minimum atomic E-state index is 0.585. The lowest BCUT2D eigenvalue weighted by molar-refractivity contribution is 0.379. The van der Waals surface area contributed by atoms with Crippen LogP contribution in [0, 0.1) is 0 Å². The van der Waals surface area contributed by atoms with Crippen molar-refractivity contribution in [2.24, 2.45) is 0 Å². The Balaban J connectivity index is 1.97. The molecule has 1 nitrogen and oxygen atoms in total. The minimum Gasteiger partial charge on any atom is -0.244 e. The maximum Gasteiger partial charge on any atom is 0.0448 e. The minimum absolute atomic E-state index is 0.585. The molecule has 2 fully saturated rings. The van der Waals surface area contributed by atoms with Crippen molar-refractivity contribution < 1.29 is 0 Å². The van der Waals surface area contributed by atoms with Crippen LogP contribution in [-0.4, -0.2) is 16.4 Å². The lowest BCUT2D eigenvalue weighted by atomic mass is 9.89. The van der Waals surface area contributed by atoms with E-state index in [2.05, 4.69) is 17.1 Å². The summed E-state index contributed by atoms with van der Waals surface area (Å²) in [6, 6.07) is 0. The number of hydrogen-bond acceptors (Lipinski definition) is 2. The van der Waals surface area contributed by atoms with Crippen LogP contribution in [0.1, 0.15) is 32.1 Å². The van der Waals surface area contributed by atoms with E-state index in [9.17, 15) is 0 Å². The predicted octanol–water partition coefficient (Wildman–Crippen LogP) is 1.85. The first kappa shape index (κ1) is 6.05. The van der Waals surface area contributed by atoms with E-state index in [-0.39, 0.29) is 0 Å². The lowest BCUT2D eigenvalue weighted by Gasteiger charge is -2.19. The number of thiol groups is 1. The van der Waals surface area contributed by atoms with Crippen LogP contribution in [-0.2, 0) is 0 Å². The van der Waals surface area contributed by atoms with Gasteiger partial charge in [-0.05, 0) is 12.8 Å². The SMILES string of the molecule is SN1CC12CCCCC2. The molecule has 0 N–H and O–H groups in total. The number of rotatable bonds is 0. The first-order valence-electron chi connectivity index (χ1n) is 3.80. The van der Waals surface area contributed by atoms with Crippen molar-refractivity contribution in [3.8, 4) is 0 Å². The number of hydrogen-bond donors (Lipinski definition) is 1. The van der Waals surface area contributed by atoms with Crippen molar-refractivity contribution in [2.75, 3.05) is 6.54 Å². The zero-order valence-corrected chi connectivity index (χ0v) is 6.53. The van der Waals surface area contributed by atoms with Crippen molar-refractivity contribution in [1.82, 2.24) is 4.31 Å². The van der Waals surface area contributed by atoms with E-state index in [1.54, 1.807) is 0 Å². The zero-order valence-electron chi connectivity index (χ0n) is 5.64. The second kappa shape index (κ2) is 1.89. The quantitative estimate of drug-likeness (QED) is 0.400. The van der Waals surface area contributed by atoms with Gasteiger partial charge in [0.25, 0.3) is 0 Å². The van der Waals surface area contributed by atoms with Crippen LogP contribution in [0.15, 0.2) is 0 Å². The van der Waals surface area contributed by atoms with E-state index in [1.807, 2.05) is 0 Å². The van der Waals surface area contributed by atoms with Gasteiger partial charge < -0.3 is 0 Å². The number of nitrogens with zero attached hydrogens (tertiary/aromatic N) is 1. The molecule has 1 heterocycles. The van der Waals surface area contributed by atoms with Crippen LogP contribution < -0.4 is 0 Å². The van der Waals surface area contributed by atoms with Crippen LogP contribution in [0.25, 0.3) is 0 Å². The summed E-state index contributed by atoms with van der Waals surface area (Å²) in [6.07, 6.45) is 7.10. The maximum absolute atomic E-state index is 4.34. The highest BCUT2D eigenvalue weighted by atomic mass is 32.1. The molecular weight excluding hydrogens is 130 g/mol. The standard InChI is InChI=1S/C7H13NS/c9-8-6-7(8)4-2-1-3-5-7/h9H,1-6H2. The van der Waals surface area contributed by atoms with E-state index in [0.717, 1.165) is 0 Å². The lowest BCUT2D eigenvalue weighted by Crippen LogP contribution is -2.18. The van der Waals surface area contributed by atoms with Crippen LogP contribution in [0.5, 0.6) is 0 Å². The van der Waals surface area contributed by atoms with Gasteiger partial charge in [0.2, 0.25) is 0 Å². The Bertz CT molecular complexity index is 118. The molecule has 9 heavy (non-hydrogen) atoms. The summed E-state index contributed by atoms with van der Waals surface area (Å²) in [6.45, 7) is 1.25. The molecule has 0 bridgehead atoms. The molecule has 0 aromatic carbocycles. The Morgan fingerprint density at radius 1 is 1.11 bits per heavy atom. The van der Waals surface area contributed by atoms with E-state index in [0.29, 0.717) is 5.54 Å². The summed E-state index contributed by atoms with van der Waals surface area (Å²) in [5, 5.41) is 0. The molecule has 1 aliphatic carbocycles. The Morgan fingerprint density at radius 2 is 1.67 bits per heavy atom. The molecule has 1 saturated carbocycles. The maximum atomic E-state index is 4.34. The van der Waals surface area contributed by atoms with Crippen molar-refractivity contribution in [1.29, 1.82) is 0 Å². The van der Waals surface area contributed by atoms with Gasteiger partial charge >= 0.3 is 0 Å². The molecule has 0 amide bonds. The molecule has 1 atom stereocenters. The fraction of sp³-hybridized carbons (Fsp3) is 1.00. The third kappa shape index (κ3) is 0.887. The third-order valence-corrected chi connectivity index (χ3v) is 3.24. The van der Waals surface area contributed by atoms with Gasteiger partial charge in [0.1, 0.15) is 0 Å². The van der Waals surface area contributed by atoms with Crippen molar-refractivity contribution in [3.05, 3.63) is 0 Å². The molecule has 2 rings (SSSR count). The van der Waals surface area contributed by atoms with Crippen molar-refractivity contribution in [2.45, 2.75) is 37.6 Å². The second-order valence-corrected chi connectivity index (χ2v) is 3.83. The summed E-state index contributed by atoms with van der Waals surface area (Å²) in [7, 11) is 0. The van der Waals surface area contributed by atoms with E-state index < -0.39 is 0 Å². The highest BCUT2D eigenvalue weighted by Crippen LogP contribution is 2.45. The molecule has 52 valence electrons. The van der Waals surface area contributed by atoms with Crippen LogP contribution in [0.3, 0.4) is 0 Å².